The minimum absolute atomic E-state index is 0.228. The molecular formula is C16H22BrNO2. The molecule has 0 bridgehead atoms. The van der Waals surface area contributed by atoms with Gasteiger partial charge < -0.3 is 5.11 Å². The lowest BCUT2D eigenvalue weighted by molar-refractivity contribution is -0.143. The first kappa shape index (κ1) is 15.5. The van der Waals surface area contributed by atoms with Gasteiger partial charge in [0.25, 0.3) is 0 Å². The maximum Gasteiger partial charge on any atom is 0.320 e. The number of aliphatic carboxylic acids is 1. The Morgan fingerprint density at radius 2 is 2.15 bits per heavy atom. The molecule has 1 saturated heterocycles. The summed E-state index contributed by atoms with van der Waals surface area (Å²) in [6.07, 6.45) is 5.05. The Morgan fingerprint density at radius 3 is 2.75 bits per heavy atom. The Bertz CT molecular complexity index is 446. The summed E-state index contributed by atoms with van der Waals surface area (Å²) < 4.78 is 1.06. The molecule has 2 atom stereocenters. The van der Waals surface area contributed by atoms with Crippen molar-refractivity contribution in [2.45, 2.75) is 51.1 Å². The van der Waals surface area contributed by atoms with E-state index in [1.54, 1.807) is 0 Å². The molecule has 4 heteroatoms. The summed E-state index contributed by atoms with van der Waals surface area (Å²) in [6.45, 7) is 3.07. The van der Waals surface area contributed by atoms with Crippen LogP contribution in [0.4, 0.5) is 0 Å². The summed E-state index contributed by atoms with van der Waals surface area (Å²) in [4.78, 5) is 13.6. The van der Waals surface area contributed by atoms with Crippen molar-refractivity contribution in [2.24, 2.45) is 0 Å². The number of unbranched alkanes of at least 4 members (excludes halogenated alkanes) is 1. The standard InChI is InChI=1S/C16H22BrNO2/c1-2-3-5-14(12-7-9-13(17)10-8-12)18-11-4-6-15(18)16(19)20/h7-10,14-15H,2-6,11H2,1H3,(H,19,20). The Hall–Kier alpha value is -0.870. The van der Waals surface area contributed by atoms with Crippen LogP contribution in [0.1, 0.15) is 50.6 Å². The number of hydrogen-bond acceptors (Lipinski definition) is 2. The van der Waals surface area contributed by atoms with Crippen LogP contribution in [0.2, 0.25) is 0 Å². The Balaban J connectivity index is 2.22. The lowest BCUT2D eigenvalue weighted by Crippen LogP contribution is -2.38. The van der Waals surface area contributed by atoms with E-state index < -0.39 is 5.97 Å². The van der Waals surface area contributed by atoms with Crippen LogP contribution in [0, 0.1) is 0 Å². The summed E-state index contributed by atoms with van der Waals surface area (Å²) in [7, 11) is 0. The van der Waals surface area contributed by atoms with Gasteiger partial charge in [0.1, 0.15) is 6.04 Å². The fourth-order valence-electron chi connectivity index (χ4n) is 3.03. The molecule has 2 rings (SSSR count). The maximum absolute atomic E-state index is 11.4. The van der Waals surface area contributed by atoms with Gasteiger partial charge in [-0.2, -0.15) is 0 Å². The number of benzene rings is 1. The van der Waals surface area contributed by atoms with Crippen molar-refractivity contribution < 1.29 is 9.90 Å². The van der Waals surface area contributed by atoms with Gasteiger partial charge in [-0.25, -0.2) is 0 Å². The average Bonchev–Trinajstić information content (AvgIpc) is 2.90. The molecule has 1 aliphatic rings. The molecule has 0 amide bonds. The van der Waals surface area contributed by atoms with Crippen LogP contribution < -0.4 is 0 Å². The molecule has 1 aliphatic heterocycles. The summed E-state index contributed by atoms with van der Waals surface area (Å²) in [5, 5.41) is 9.40. The molecule has 0 saturated carbocycles. The molecule has 3 nitrogen and oxygen atoms in total. The van der Waals surface area contributed by atoms with Gasteiger partial charge >= 0.3 is 5.97 Å². The summed E-state index contributed by atoms with van der Waals surface area (Å²) in [6, 6.07) is 8.22. The van der Waals surface area contributed by atoms with Gasteiger partial charge in [-0.05, 0) is 43.5 Å². The van der Waals surface area contributed by atoms with Gasteiger partial charge in [0.2, 0.25) is 0 Å². The summed E-state index contributed by atoms with van der Waals surface area (Å²) in [5.41, 5.74) is 1.23. The molecule has 20 heavy (non-hydrogen) atoms. The minimum Gasteiger partial charge on any atom is -0.480 e. The van der Waals surface area contributed by atoms with Crippen molar-refractivity contribution >= 4 is 21.9 Å². The number of carboxylic acid groups (broad SMARTS) is 1. The second kappa shape index (κ2) is 7.23. The molecule has 2 unspecified atom stereocenters. The van der Waals surface area contributed by atoms with E-state index in [0.29, 0.717) is 0 Å². The third-order valence-corrected chi connectivity index (χ3v) is 4.59. The van der Waals surface area contributed by atoms with E-state index in [9.17, 15) is 9.90 Å². The normalized spacial score (nSPS) is 21.0. The SMILES string of the molecule is CCCCC(c1ccc(Br)cc1)N1CCCC1C(=O)O. The first-order valence-corrected chi connectivity index (χ1v) is 8.16. The zero-order chi connectivity index (χ0) is 14.5. The largest absolute Gasteiger partial charge is 0.480 e. The van der Waals surface area contributed by atoms with Crippen molar-refractivity contribution in [2.75, 3.05) is 6.54 Å². The summed E-state index contributed by atoms with van der Waals surface area (Å²) in [5.74, 6) is -0.680. The van der Waals surface area contributed by atoms with Crippen LogP contribution in [0.25, 0.3) is 0 Å². The van der Waals surface area contributed by atoms with E-state index in [4.69, 9.17) is 0 Å². The predicted molar refractivity (Wildman–Crippen MR) is 83.8 cm³/mol. The number of nitrogens with zero attached hydrogens (tertiary/aromatic N) is 1. The average molecular weight is 340 g/mol. The number of carboxylic acids is 1. The van der Waals surface area contributed by atoms with E-state index in [0.717, 1.165) is 43.1 Å². The number of hydrogen-bond donors (Lipinski definition) is 1. The van der Waals surface area contributed by atoms with Crippen molar-refractivity contribution in [1.29, 1.82) is 0 Å². The highest BCUT2D eigenvalue weighted by Crippen LogP contribution is 2.33. The quantitative estimate of drug-likeness (QED) is 0.842. The molecule has 1 N–H and O–H groups in total. The second-order valence-electron chi connectivity index (χ2n) is 5.44. The molecule has 0 spiro atoms. The molecule has 1 heterocycles. The number of halogens is 1. The molecule has 1 aromatic carbocycles. The molecule has 0 radical (unpaired) electrons. The highest BCUT2D eigenvalue weighted by molar-refractivity contribution is 9.10. The lowest BCUT2D eigenvalue weighted by atomic mass is 9.98. The highest BCUT2D eigenvalue weighted by atomic mass is 79.9. The van der Waals surface area contributed by atoms with Crippen molar-refractivity contribution in [3.63, 3.8) is 0 Å². The zero-order valence-electron chi connectivity index (χ0n) is 11.9. The first-order valence-electron chi connectivity index (χ1n) is 7.37. The van der Waals surface area contributed by atoms with Gasteiger partial charge in [0.05, 0.1) is 0 Å². The van der Waals surface area contributed by atoms with Crippen LogP contribution in [0.5, 0.6) is 0 Å². The van der Waals surface area contributed by atoms with E-state index in [1.807, 2.05) is 12.1 Å². The topological polar surface area (TPSA) is 40.5 Å². The van der Waals surface area contributed by atoms with E-state index in [-0.39, 0.29) is 12.1 Å². The lowest BCUT2D eigenvalue weighted by Gasteiger charge is -2.31. The Labute approximate surface area is 129 Å². The van der Waals surface area contributed by atoms with Crippen molar-refractivity contribution in [3.05, 3.63) is 34.3 Å². The minimum atomic E-state index is -0.680. The fourth-order valence-corrected chi connectivity index (χ4v) is 3.30. The second-order valence-corrected chi connectivity index (χ2v) is 6.36. The molecule has 0 aliphatic carbocycles. The van der Waals surface area contributed by atoms with E-state index in [2.05, 4.69) is 39.9 Å². The van der Waals surface area contributed by atoms with Crippen LogP contribution in [-0.2, 0) is 4.79 Å². The predicted octanol–water partition coefficient (Wildman–Crippen LogP) is 4.23. The fraction of sp³-hybridized carbons (Fsp3) is 0.562. The van der Waals surface area contributed by atoms with Gasteiger partial charge in [-0.3, -0.25) is 9.69 Å². The zero-order valence-corrected chi connectivity index (χ0v) is 13.5. The van der Waals surface area contributed by atoms with E-state index in [1.165, 1.54) is 5.56 Å². The van der Waals surface area contributed by atoms with Crippen LogP contribution in [0.3, 0.4) is 0 Å². The number of carbonyl (C=O) groups is 1. The molecule has 1 aromatic rings. The van der Waals surface area contributed by atoms with Gasteiger partial charge in [0, 0.05) is 10.5 Å². The first-order chi connectivity index (χ1) is 9.63. The van der Waals surface area contributed by atoms with Gasteiger partial charge in [0.15, 0.2) is 0 Å². The number of likely N-dealkylation sites (tertiary alicyclic amines) is 1. The Morgan fingerprint density at radius 1 is 1.45 bits per heavy atom. The molecule has 0 aromatic heterocycles. The monoisotopic (exact) mass is 339 g/mol. The molecule has 1 fully saturated rings. The highest BCUT2D eigenvalue weighted by Gasteiger charge is 2.35. The third-order valence-electron chi connectivity index (χ3n) is 4.07. The smallest absolute Gasteiger partial charge is 0.320 e. The summed E-state index contributed by atoms with van der Waals surface area (Å²) >= 11 is 3.46. The molecule has 110 valence electrons. The van der Waals surface area contributed by atoms with Crippen molar-refractivity contribution in [1.82, 2.24) is 4.90 Å². The van der Waals surface area contributed by atoms with E-state index >= 15 is 0 Å². The van der Waals surface area contributed by atoms with Crippen LogP contribution in [-0.4, -0.2) is 28.6 Å². The number of rotatable bonds is 6. The van der Waals surface area contributed by atoms with Crippen LogP contribution in [0.15, 0.2) is 28.7 Å². The van der Waals surface area contributed by atoms with Gasteiger partial charge in [-0.1, -0.05) is 47.8 Å². The third kappa shape index (κ3) is 3.61. The van der Waals surface area contributed by atoms with Crippen LogP contribution >= 0.6 is 15.9 Å². The van der Waals surface area contributed by atoms with Crippen molar-refractivity contribution in [3.8, 4) is 0 Å². The molecular weight excluding hydrogens is 318 g/mol. The Kier molecular flexibility index (Phi) is 5.61. The maximum atomic E-state index is 11.4. The van der Waals surface area contributed by atoms with Gasteiger partial charge in [-0.15, -0.1) is 0 Å².